The molecule has 0 aliphatic rings. The van der Waals surface area contributed by atoms with E-state index in [1.54, 1.807) is 0 Å². The van der Waals surface area contributed by atoms with Crippen molar-refractivity contribution in [3.05, 3.63) is 29.3 Å². The minimum atomic E-state index is -4.58. The molecule has 2 N–H and O–H groups in total. The van der Waals surface area contributed by atoms with Crippen molar-refractivity contribution in [1.29, 1.82) is 0 Å². The minimum absolute atomic E-state index is 0.186. The van der Waals surface area contributed by atoms with Gasteiger partial charge in [0.2, 0.25) is 10.0 Å². The first-order valence-corrected chi connectivity index (χ1v) is 5.37. The van der Waals surface area contributed by atoms with Crippen LogP contribution in [0.4, 0.5) is 13.2 Å². The molecule has 0 amide bonds. The van der Waals surface area contributed by atoms with Gasteiger partial charge in [-0.2, -0.15) is 13.2 Å². The molecule has 0 aromatic heterocycles. The summed E-state index contributed by atoms with van der Waals surface area (Å²) in [5.74, 6) is 0. The van der Waals surface area contributed by atoms with Crippen molar-refractivity contribution in [2.75, 3.05) is 0 Å². The maximum Gasteiger partial charge on any atom is 0.416 e. The van der Waals surface area contributed by atoms with Gasteiger partial charge < -0.3 is 0 Å². The highest BCUT2D eigenvalue weighted by atomic mass is 32.2. The van der Waals surface area contributed by atoms with E-state index in [1.165, 1.54) is 6.92 Å². The van der Waals surface area contributed by atoms with Crippen LogP contribution >= 0.6 is 0 Å². The van der Waals surface area contributed by atoms with E-state index >= 15 is 0 Å². The molecule has 0 heterocycles. The Bertz CT molecular complexity index is 479. The van der Waals surface area contributed by atoms with Crippen molar-refractivity contribution in [3.8, 4) is 0 Å². The summed E-state index contributed by atoms with van der Waals surface area (Å²) in [5.41, 5.74) is -0.845. The zero-order valence-corrected chi connectivity index (χ0v) is 8.48. The fraction of sp³-hybridized carbons (Fsp3) is 0.250. The topological polar surface area (TPSA) is 60.2 Å². The summed E-state index contributed by atoms with van der Waals surface area (Å²) in [4.78, 5) is -0.502. The first kappa shape index (κ1) is 12.0. The first-order valence-electron chi connectivity index (χ1n) is 3.83. The van der Waals surface area contributed by atoms with Crippen molar-refractivity contribution < 1.29 is 21.6 Å². The van der Waals surface area contributed by atoms with Gasteiger partial charge in [0.05, 0.1) is 10.5 Å². The molecule has 1 aromatic carbocycles. The van der Waals surface area contributed by atoms with Gasteiger partial charge in [-0.1, -0.05) is 6.07 Å². The Morgan fingerprint density at radius 2 is 1.80 bits per heavy atom. The quantitative estimate of drug-likeness (QED) is 0.810. The third-order valence-corrected chi connectivity index (χ3v) is 2.87. The maximum atomic E-state index is 12.3. The summed E-state index contributed by atoms with van der Waals surface area (Å²) < 4.78 is 58.6. The molecule has 84 valence electrons. The summed E-state index contributed by atoms with van der Waals surface area (Å²) in [6.45, 7) is 1.37. The Hall–Kier alpha value is -1.08. The summed E-state index contributed by atoms with van der Waals surface area (Å²) in [5, 5.41) is 4.77. The van der Waals surface area contributed by atoms with Gasteiger partial charge in [-0.05, 0) is 24.6 Å². The van der Waals surface area contributed by atoms with Gasteiger partial charge in [0, 0.05) is 0 Å². The van der Waals surface area contributed by atoms with E-state index in [0.29, 0.717) is 6.07 Å². The van der Waals surface area contributed by atoms with Crippen molar-refractivity contribution in [2.24, 2.45) is 5.14 Å². The summed E-state index contributed by atoms with van der Waals surface area (Å²) in [7, 11) is -4.12. The fourth-order valence-electron chi connectivity index (χ4n) is 1.08. The number of aryl methyl sites for hydroxylation is 1. The highest BCUT2D eigenvalue weighted by molar-refractivity contribution is 7.89. The molecule has 1 aromatic rings. The van der Waals surface area contributed by atoms with Gasteiger partial charge in [-0.3, -0.25) is 0 Å². The van der Waals surface area contributed by atoms with Crippen LogP contribution in [0.2, 0.25) is 0 Å². The van der Waals surface area contributed by atoms with Crippen LogP contribution in [0.1, 0.15) is 11.1 Å². The minimum Gasteiger partial charge on any atom is -0.225 e. The maximum absolute atomic E-state index is 12.3. The number of hydrogen-bond donors (Lipinski definition) is 1. The van der Waals surface area contributed by atoms with Crippen LogP contribution in [0.25, 0.3) is 0 Å². The molecule has 0 saturated carbocycles. The molecule has 0 atom stereocenters. The van der Waals surface area contributed by atoms with Crippen molar-refractivity contribution >= 4 is 10.0 Å². The Morgan fingerprint density at radius 1 is 1.27 bits per heavy atom. The zero-order valence-electron chi connectivity index (χ0n) is 7.67. The third kappa shape index (κ3) is 2.69. The van der Waals surface area contributed by atoms with Gasteiger partial charge in [0.25, 0.3) is 0 Å². The normalized spacial score (nSPS) is 12.9. The highest BCUT2D eigenvalue weighted by Crippen LogP contribution is 2.31. The van der Waals surface area contributed by atoms with Crippen LogP contribution in [0.15, 0.2) is 23.1 Å². The average Bonchev–Trinajstić information content (AvgIpc) is 2.00. The van der Waals surface area contributed by atoms with Crippen LogP contribution in [0, 0.1) is 6.92 Å². The fourth-order valence-corrected chi connectivity index (χ4v) is 1.89. The van der Waals surface area contributed by atoms with Crippen LogP contribution in [-0.4, -0.2) is 8.42 Å². The first-order chi connectivity index (χ1) is 6.62. The monoisotopic (exact) mass is 239 g/mol. The van der Waals surface area contributed by atoms with E-state index < -0.39 is 26.7 Å². The number of alkyl halides is 3. The molecular formula is C8H8F3NO2S. The van der Waals surface area contributed by atoms with Gasteiger partial charge >= 0.3 is 6.18 Å². The molecule has 0 bridgehead atoms. The number of nitrogens with two attached hydrogens (primary N) is 1. The number of rotatable bonds is 1. The molecule has 0 aliphatic heterocycles. The lowest BCUT2D eigenvalue weighted by molar-refractivity contribution is -0.137. The molecule has 15 heavy (non-hydrogen) atoms. The SMILES string of the molecule is Cc1ccc(C(F)(F)F)cc1S(N)(=O)=O. The lowest BCUT2D eigenvalue weighted by Gasteiger charge is -2.09. The van der Waals surface area contributed by atoms with E-state index in [-0.39, 0.29) is 5.56 Å². The van der Waals surface area contributed by atoms with Gasteiger partial charge in [-0.25, -0.2) is 13.6 Å². The molecule has 7 heteroatoms. The molecule has 3 nitrogen and oxygen atoms in total. The van der Waals surface area contributed by atoms with E-state index in [0.717, 1.165) is 12.1 Å². The molecule has 1 rings (SSSR count). The standard InChI is InChI=1S/C8H8F3NO2S/c1-5-2-3-6(8(9,10)11)4-7(5)15(12,13)14/h2-4H,1H3,(H2,12,13,14). The Labute approximate surface area is 84.8 Å². The highest BCUT2D eigenvalue weighted by Gasteiger charge is 2.31. The third-order valence-electron chi connectivity index (χ3n) is 1.82. The molecule has 0 spiro atoms. The second-order valence-corrected chi connectivity index (χ2v) is 4.55. The van der Waals surface area contributed by atoms with Gasteiger partial charge in [0.15, 0.2) is 0 Å². The van der Waals surface area contributed by atoms with Gasteiger partial charge in [0.1, 0.15) is 0 Å². The molecule has 0 fully saturated rings. The number of hydrogen-bond acceptors (Lipinski definition) is 2. The Kier molecular flexibility index (Phi) is 2.79. The zero-order chi connectivity index (χ0) is 11.9. The van der Waals surface area contributed by atoms with Crippen molar-refractivity contribution in [3.63, 3.8) is 0 Å². The summed E-state index contributed by atoms with van der Waals surface area (Å²) >= 11 is 0. The van der Waals surface area contributed by atoms with E-state index in [9.17, 15) is 21.6 Å². The summed E-state index contributed by atoms with van der Waals surface area (Å²) in [6.07, 6.45) is -4.58. The Morgan fingerprint density at radius 3 is 2.20 bits per heavy atom. The lowest BCUT2D eigenvalue weighted by Crippen LogP contribution is -2.15. The predicted octanol–water partition coefficient (Wildman–Crippen LogP) is 1.66. The number of sulfonamides is 1. The van der Waals surface area contributed by atoms with Crippen LogP contribution < -0.4 is 5.14 Å². The number of halogens is 3. The molecule has 0 aliphatic carbocycles. The predicted molar refractivity (Wildman–Crippen MR) is 47.6 cm³/mol. The summed E-state index contributed by atoms with van der Waals surface area (Å²) in [6, 6.07) is 2.41. The van der Waals surface area contributed by atoms with Crippen LogP contribution in [-0.2, 0) is 16.2 Å². The average molecular weight is 239 g/mol. The number of primary sulfonamides is 1. The van der Waals surface area contributed by atoms with Crippen LogP contribution in [0.5, 0.6) is 0 Å². The largest absolute Gasteiger partial charge is 0.416 e. The van der Waals surface area contributed by atoms with Gasteiger partial charge in [-0.15, -0.1) is 0 Å². The van der Waals surface area contributed by atoms with Crippen LogP contribution in [0.3, 0.4) is 0 Å². The lowest BCUT2D eigenvalue weighted by atomic mass is 10.1. The Balaban J connectivity index is 3.43. The number of benzene rings is 1. The molecule has 0 unspecified atom stereocenters. The van der Waals surface area contributed by atoms with Crippen molar-refractivity contribution in [2.45, 2.75) is 18.0 Å². The van der Waals surface area contributed by atoms with Crippen molar-refractivity contribution in [1.82, 2.24) is 0 Å². The van der Waals surface area contributed by atoms with E-state index in [1.807, 2.05) is 0 Å². The smallest absolute Gasteiger partial charge is 0.225 e. The molecule has 0 radical (unpaired) electrons. The molecular weight excluding hydrogens is 231 g/mol. The van der Waals surface area contributed by atoms with E-state index in [4.69, 9.17) is 5.14 Å². The van der Waals surface area contributed by atoms with E-state index in [2.05, 4.69) is 0 Å². The second kappa shape index (κ2) is 3.49. The second-order valence-electron chi connectivity index (χ2n) is 3.02. The molecule has 0 saturated heterocycles.